The number of hydrogen-bond donors (Lipinski definition) is 0. The van der Waals surface area contributed by atoms with Gasteiger partial charge in [0, 0.05) is 24.3 Å². The molecule has 1 amide bonds. The van der Waals surface area contributed by atoms with Gasteiger partial charge in [-0.25, -0.2) is 4.98 Å². The van der Waals surface area contributed by atoms with Gasteiger partial charge in [-0.1, -0.05) is 0 Å². The highest BCUT2D eigenvalue weighted by atomic mass is 79.9. The fourth-order valence-corrected chi connectivity index (χ4v) is 2.30. The van der Waals surface area contributed by atoms with Crippen LogP contribution in [0.25, 0.3) is 0 Å². The van der Waals surface area contributed by atoms with E-state index in [-0.39, 0.29) is 5.91 Å². The van der Waals surface area contributed by atoms with Gasteiger partial charge in [-0.3, -0.25) is 4.79 Å². The fraction of sp³-hybridized carbons (Fsp3) is 0.455. The van der Waals surface area contributed by atoms with E-state index in [4.69, 9.17) is 0 Å². The lowest BCUT2D eigenvalue weighted by Crippen LogP contribution is -2.33. The first kappa shape index (κ1) is 10.6. The molecule has 4 heteroatoms. The average Bonchev–Trinajstić information content (AvgIpc) is 2.63. The summed E-state index contributed by atoms with van der Waals surface area (Å²) in [7, 11) is 0. The smallest absolute Gasteiger partial charge is 0.254 e. The number of carbonyl (C=O) groups is 1. The molecule has 0 N–H and O–H groups in total. The largest absolute Gasteiger partial charge is 0.336 e. The van der Waals surface area contributed by atoms with Gasteiger partial charge in [0.05, 0.1) is 0 Å². The lowest BCUT2D eigenvalue weighted by molar-refractivity contribution is 0.0747. The third-order valence-electron chi connectivity index (χ3n) is 2.79. The first-order valence-corrected chi connectivity index (χ1v) is 5.90. The number of rotatable bonds is 1. The Balaban J connectivity index is 2.20. The second kappa shape index (κ2) is 4.31. The van der Waals surface area contributed by atoms with Crippen LogP contribution in [0, 0.1) is 0 Å². The second-order valence-corrected chi connectivity index (χ2v) is 4.67. The molecule has 0 spiro atoms. The highest BCUT2D eigenvalue weighted by Gasteiger charge is 2.25. The molecule has 0 bridgehead atoms. The Morgan fingerprint density at radius 3 is 3.07 bits per heavy atom. The van der Waals surface area contributed by atoms with Crippen LogP contribution < -0.4 is 0 Å². The van der Waals surface area contributed by atoms with E-state index in [2.05, 4.69) is 27.8 Å². The minimum atomic E-state index is 0.114. The Kier molecular flexibility index (Phi) is 3.05. The third kappa shape index (κ3) is 2.20. The van der Waals surface area contributed by atoms with Gasteiger partial charge in [0.25, 0.3) is 5.91 Å². The Morgan fingerprint density at radius 1 is 1.67 bits per heavy atom. The van der Waals surface area contributed by atoms with Crippen LogP contribution in [0.4, 0.5) is 0 Å². The maximum absolute atomic E-state index is 12.1. The Morgan fingerprint density at radius 2 is 2.47 bits per heavy atom. The van der Waals surface area contributed by atoms with Crippen molar-refractivity contribution in [3.63, 3.8) is 0 Å². The van der Waals surface area contributed by atoms with Crippen molar-refractivity contribution in [1.82, 2.24) is 9.88 Å². The molecule has 1 fully saturated rings. The molecular formula is C11H13BrN2O. The molecule has 2 rings (SSSR count). The third-order valence-corrected chi connectivity index (χ3v) is 3.22. The summed E-state index contributed by atoms with van der Waals surface area (Å²) in [6.45, 7) is 2.97. The number of nitrogens with zero attached hydrogens (tertiary/aromatic N) is 2. The van der Waals surface area contributed by atoms with Crippen molar-refractivity contribution in [2.45, 2.75) is 25.8 Å². The van der Waals surface area contributed by atoms with Gasteiger partial charge in [0.1, 0.15) is 4.60 Å². The van der Waals surface area contributed by atoms with Gasteiger partial charge in [0.15, 0.2) is 0 Å². The summed E-state index contributed by atoms with van der Waals surface area (Å²) in [5.74, 6) is 0.114. The molecule has 1 aromatic rings. The first-order chi connectivity index (χ1) is 7.18. The van der Waals surface area contributed by atoms with E-state index in [9.17, 15) is 4.79 Å². The van der Waals surface area contributed by atoms with E-state index in [0.717, 1.165) is 19.4 Å². The van der Waals surface area contributed by atoms with Crippen LogP contribution in [-0.4, -0.2) is 28.4 Å². The Hall–Kier alpha value is -0.900. The standard InChI is InChI=1S/C11H13BrN2O/c1-8-3-2-6-14(8)11(15)9-4-5-13-10(12)7-9/h4-5,7-8H,2-3,6H2,1H3. The lowest BCUT2D eigenvalue weighted by Gasteiger charge is -2.21. The molecule has 1 saturated heterocycles. The molecule has 0 aliphatic carbocycles. The zero-order chi connectivity index (χ0) is 10.8. The predicted molar refractivity (Wildman–Crippen MR) is 61.7 cm³/mol. The van der Waals surface area contributed by atoms with Gasteiger partial charge < -0.3 is 4.90 Å². The molecule has 1 aliphatic heterocycles. The number of aromatic nitrogens is 1. The van der Waals surface area contributed by atoms with Crippen LogP contribution in [0.5, 0.6) is 0 Å². The number of halogens is 1. The van der Waals surface area contributed by atoms with Crippen molar-refractivity contribution in [3.05, 3.63) is 28.5 Å². The Labute approximate surface area is 97.6 Å². The molecule has 15 heavy (non-hydrogen) atoms. The molecule has 0 saturated carbocycles. The van der Waals surface area contributed by atoms with Crippen molar-refractivity contribution < 1.29 is 4.79 Å². The van der Waals surface area contributed by atoms with Gasteiger partial charge in [0.2, 0.25) is 0 Å². The summed E-state index contributed by atoms with van der Waals surface area (Å²) >= 11 is 3.27. The number of amides is 1. The number of hydrogen-bond acceptors (Lipinski definition) is 2. The van der Waals surface area contributed by atoms with Crippen molar-refractivity contribution in [3.8, 4) is 0 Å². The van der Waals surface area contributed by atoms with Crippen LogP contribution in [-0.2, 0) is 0 Å². The summed E-state index contributed by atoms with van der Waals surface area (Å²) in [6, 6.07) is 3.90. The molecule has 3 nitrogen and oxygen atoms in total. The van der Waals surface area contributed by atoms with E-state index in [1.807, 2.05) is 4.90 Å². The van der Waals surface area contributed by atoms with Crippen LogP contribution >= 0.6 is 15.9 Å². The summed E-state index contributed by atoms with van der Waals surface area (Å²) in [4.78, 5) is 18.0. The quantitative estimate of drug-likeness (QED) is 0.734. The van der Waals surface area contributed by atoms with Crippen molar-refractivity contribution in [1.29, 1.82) is 0 Å². The molecule has 1 atom stereocenters. The number of carbonyl (C=O) groups excluding carboxylic acids is 1. The monoisotopic (exact) mass is 268 g/mol. The lowest BCUT2D eigenvalue weighted by atomic mass is 10.2. The van der Waals surface area contributed by atoms with Crippen LogP contribution in [0.1, 0.15) is 30.1 Å². The van der Waals surface area contributed by atoms with E-state index >= 15 is 0 Å². The molecule has 80 valence electrons. The first-order valence-electron chi connectivity index (χ1n) is 5.11. The number of likely N-dealkylation sites (tertiary alicyclic amines) is 1. The van der Waals surface area contributed by atoms with E-state index < -0.39 is 0 Å². The summed E-state index contributed by atoms with van der Waals surface area (Å²) in [5, 5.41) is 0. The molecule has 0 radical (unpaired) electrons. The van der Waals surface area contributed by atoms with Crippen molar-refractivity contribution in [2.75, 3.05) is 6.54 Å². The summed E-state index contributed by atoms with van der Waals surface area (Å²) < 4.78 is 0.709. The molecule has 1 unspecified atom stereocenters. The van der Waals surface area contributed by atoms with E-state index in [0.29, 0.717) is 16.2 Å². The topological polar surface area (TPSA) is 33.2 Å². The minimum Gasteiger partial charge on any atom is -0.336 e. The van der Waals surface area contributed by atoms with Crippen LogP contribution in [0.2, 0.25) is 0 Å². The molecule has 1 aliphatic rings. The van der Waals surface area contributed by atoms with Crippen LogP contribution in [0.3, 0.4) is 0 Å². The zero-order valence-corrected chi connectivity index (χ0v) is 10.2. The molecule has 2 heterocycles. The minimum absolute atomic E-state index is 0.114. The van der Waals surface area contributed by atoms with Crippen molar-refractivity contribution >= 4 is 21.8 Å². The van der Waals surface area contributed by atoms with E-state index in [1.165, 1.54) is 0 Å². The van der Waals surface area contributed by atoms with Gasteiger partial charge in [-0.05, 0) is 47.8 Å². The second-order valence-electron chi connectivity index (χ2n) is 3.86. The van der Waals surface area contributed by atoms with Gasteiger partial charge in [-0.15, -0.1) is 0 Å². The highest BCUT2D eigenvalue weighted by Crippen LogP contribution is 2.20. The van der Waals surface area contributed by atoms with Crippen LogP contribution in [0.15, 0.2) is 22.9 Å². The summed E-state index contributed by atoms with van der Waals surface area (Å²) in [6.07, 6.45) is 3.87. The van der Waals surface area contributed by atoms with Crippen molar-refractivity contribution in [2.24, 2.45) is 0 Å². The number of pyridine rings is 1. The SMILES string of the molecule is CC1CCCN1C(=O)c1ccnc(Br)c1. The summed E-state index contributed by atoms with van der Waals surface area (Å²) in [5.41, 5.74) is 0.714. The maximum Gasteiger partial charge on any atom is 0.254 e. The normalized spacial score (nSPS) is 20.7. The predicted octanol–water partition coefficient (Wildman–Crippen LogP) is 2.47. The average molecular weight is 269 g/mol. The zero-order valence-electron chi connectivity index (χ0n) is 8.61. The molecule has 0 aromatic carbocycles. The molecular weight excluding hydrogens is 256 g/mol. The maximum atomic E-state index is 12.1. The van der Waals surface area contributed by atoms with Gasteiger partial charge >= 0.3 is 0 Å². The Bertz CT molecular complexity index is 381. The van der Waals surface area contributed by atoms with E-state index in [1.54, 1.807) is 18.3 Å². The fourth-order valence-electron chi connectivity index (χ4n) is 1.94. The molecule has 1 aromatic heterocycles. The van der Waals surface area contributed by atoms with Gasteiger partial charge in [-0.2, -0.15) is 0 Å². The highest BCUT2D eigenvalue weighted by molar-refractivity contribution is 9.10.